The van der Waals surface area contributed by atoms with Gasteiger partial charge in [0.15, 0.2) is 11.0 Å². The smallest absolute Gasteiger partial charge is 0.191 e. The Labute approximate surface area is 146 Å². The van der Waals surface area contributed by atoms with Gasteiger partial charge < -0.3 is 9.30 Å². The Hall–Kier alpha value is -2.27. The van der Waals surface area contributed by atoms with E-state index in [0.717, 1.165) is 29.0 Å². The van der Waals surface area contributed by atoms with E-state index in [1.807, 2.05) is 30.3 Å². The average molecular weight is 339 g/mol. The van der Waals surface area contributed by atoms with Crippen LogP contribution in [0.1, 0.15) is 23.9 Å². The summed E-state index contributed by atoms with van der Waals surface area (Å²) >= 11 is 1.70. The molecule has 4 nitrogen and oxygen atoms in total. The number of rotatable bonds is 7. The first-order valence-corrected chi connectivity index (χ1v) is 9.03. The van der Waals surface area contributed by atoms with Crippen molar-refractivity contribution in [1.82, 2.24) is 14.8 Å². The molecule has 0 fully saturated rings. The molecule has 0 aliphatic rings. The molecule has 0 atom stereocenters. The molecule has 0 unspecified atom stereocenters. The van der Waals surface area contributed by atoms with E-state index < -0.39 is 0 Å². The van der Waals surface area contributed by atoms with Gasteiger partial charge in [-0.2, -0.15) is 0 Å². The fraction of sp³-hybridized carbons (Fsp3) is 0.263. The summed E-state index contributed by atoms with van der Waals surface area (Å²) in [7, 11) is 0. The summed E-state index contributed by atoms with van der Waals surface area (Å²) in [6, 6.07) is 18.4. The van der Waals surface area contributed by atoms with Crippen LogP contribution in [-0.4, -0.2) is 14.8 Å². The lowest BCUT2D eigenvalue weighted by Gasteiger charge is -2.09. The van der Waals surface area contributed by atoms with E-state index in [1.54, 1.807) is 11.8 Å². The average Bonchev–Trinajstić information content (AvgIpc) is 3.02. The zero-order valence-corrected chi connectivity index (χ0v) is 14.8. The highest BCUT2D eigenvalue weighted by atomic mass is 32.2. The van der Waals surface area contributed by atoms with Crippen LogP contribution < -0.4 is 4.74 Å². The summed E-state index contributed by atoms with van der Waals surface area (Å²) in [6.45, 7) is 5.42. The topological polar surface area (TPSA) is 39.9 Å². The van der Waals surface area contributed by atoms with Gasteiger partial charge in [0.05, 0.1) is 0 Å². The van der Waals surface area contributed by atoms with Crippen molar-refractivity contribution >= 4 is 11.8 Å². The first-order chi connectivity index (χ1) is 11.8. The first kappa shape index (κ1) is 16.6. The van der Waals surface area contributed by atoms with Gasteiger partial charge in [-0.3, -0.25) is 0 Å². The number of ether oxygens (including phenoxy) is 1. The van der Waals surface area contributed by atoms with Crippen molar-refractivity contribution < 1.29 is 4.74 Å². The Bertz CT molecular complexity index is 769. The van der Waals surface area contributed by atoms with Gasteiger partial charge in [-0.15, -0.1) is 10.2 Å². The molecule has 0 saturated carbocycles. The Morgan fingerprint density at radius 3 is 2.46 bits per heavy atom. The number of benzene rings is 2. The zero-order chi connectivity index (χ0) is 16.8. The Morgan fingerprint density at radius 2 is 1.75 bits per heavy atom. The highest BCUT2D eigenvalue weighted by Crippen LogP contribution is 2.22. The predicted molar refractivity (Wildman–Crippen MR) is 97.2 cm³/mol. The highest BCUT2D eigenvalue weighted by Gasteiger charge is 2.12. The summed E-state index contributed by atoms with van der Waals surface area (Å²) < 4.78 is 7.95. The van der Waals surface area contributed by atoms with E-state index in [4.69, 9.17) is 4.74 Å². The number of hydrogen-bond donors (Lipinski definition) is 0. The van der Waals surface area contributed by atoms with Gasteiger partial charge >= 0.3 is 0 Å². The largest absolute Gasteiger partial charge is 0.486 e. The van der Waals surface area contributed by atoms with Crippen molar-refractivity contribution in [3.05, 3.63) is 71.5 Å². The van der Waals surface area contributed by atoms with E-state index in [-0.39, 0.29) is 0 Å². The van der Waals surface area contributed by atoms with Gasteiger partial charge in [0.2, 0.25) is 0 Å². The molecular formula is C19H21N3OS. The molecule has 0 aliphatic carbocycles. The number of aromatic nitrogens is 3. The van der Waals surface area contributed by atoms with Gasteiger partial charge in [0, 0.05) is 12.3 Å². The fourth-order valence-corrected chi connectivity index (χ4v) is 3.33. The molecule has 1 heterocycles. The summed E-state index contributed by atoms with van der Waals surface area (Å²) in [4.78, 5) is 0. The van der Waals surface area contributed by atoms with Gasteiger partial charge in [0.25, 0.3) is 0 Å². The second kappa shape index (κ2) is 8.02. The van der Waals surface area contributed by atoms with E-state index in [9.17, 15) is 0 Å². The van der Waals surface area contributed by atoms with Gasteiger partial charge in [-0.05, 0) is 31.5 Å². The second-order valence-electron chi connectivity index (χ2n) is 5.52. The lowest BCUT2D eigenvalue weighted by Crippen LogP contribution is -2.07. The molecule has 3 aromatic rings. The third-order valence-corrected chi connectivity index (χ3v) is 4.75. The molecule has 0 saturated heterocycles. The van der Waals surface area contributed by atoms with Crippen LogP contribution >= 0.6 is 11.8 Å². The van der Waals surface area contributed by atoms with Crippen LogP contribution in [0.5, 0.6) is 5.75 Å². The number of aryl methyl sites for hydroxylation is 1. The lowest BCUT2D eigenvalue weighted by atomic mass is 10.2. The molecule has 0 amide bonds. The standard InChI is InChI=1S/C19H21N3OS/c1-3-22-18(13-23-17-11-9-15(2)10-12-17)20-21-19(22)24-14-16-7-5-4-6-8-16/h4-12H,3,13-14H2,1-2H3. The number of nitrogens with zero attached hydrogens (tertiary/aromatic N) is 3. The van der Waals surface area contributed by atoms with Crippen molar-refractivity contribution in [1.29, 1.82) is 0 Å². The van der Waals surface area contributed by atoms with Gasteiger partial charge in [-0.25, -0.2) is 0 Å². The Morgan fingerprint density at radius 1 is 1.00 bits per heavy atom. The summed E-state index contributed by atoms with van der Waals surface area (Å²) in [5, 5.41) is 9.56. The molecule has 5 heteroatoms. The number of thioether (sulfide) groups is 1. The van der Waals surface area contributed by atoms with E-state index in [2.05, 4.69) is 52.9 Å². The molecule has 3 rings (SSSR count). The lowest BCUT2D eigenvalue weighted by molar-refractivity contribution is 0.288. The summed E-state index contributed by atoms with van der Waals surface area (Å²) in [5.41, 5.74) is 2.50. The van der Waals surface area contributed by atoms with Crippen LogP contribution in [0, 0.1) is 6.92 Å². The number of hydrogen-bond acceptors (Lipinski definition) is 4. The van der Waals surface area contributed by atoms with Crippen molar-refractivity contribution in [2.75, 3.05) is 0 Å². The van der Waals surface area contributed by atoms with Crippen LogP contribution in [0.4, 0.5) is 0 Å². The maximum atomic E-state index is 5.83. The van der Waals surface area contributed by atoms with Crippen molar-refractivity contribution in [3.8, 4) is 5.75 Å². The van der Waals surface area contributed by atoms with E-state index in [0.29, 0.717) is 6.61 Å². The molecule has 0 bridgehead atoms. The molecule has 1 aromatic heterocycles. The minimum absolute atomic E-state index is 0.426. The van der Waals surface area contributed by atoms with Crippen LogP contribution in [0.3, 0.4) is 0 Å². The maximum Gasteiger partial charge on any atom is 0.191 e. The third kappa shape index (κ3) is 4.17. The Kier molecular flexibility index (Phi) is 5.54. The molecule has 24 heavy (non-hydrogen) atoms. The van der Waals surface area contributed by atoms with Crippen LogP contribution in [0.25, 0.3) is 0 Å². The minimum Gasteiger partial charge on any atom is -0.486 e. The van der Waals surface area contributed by atoms with E-state index in [1.165, 1.54) is 11.1 Å². The molecule has 2 aromatic carbocycles. The van der Waals surface area contributed by atoms with Crippen molar-refractivity contribution in [2.24, 2.45) is 0 Å². The van der Waals surface area contributed by atoms with Gasteiger partial charge in [-0.1, -0.05) is 59.8 Å². The second-order valence-corrected chi connectivity index (χ2v) is 6.46. The first-order valence-electron chi connectivity index (χ1n) is 8.04. The molecule has 0 radical (unpaired) electrons. The van der Waals surface area contributed by atoms with Crippen LogP contribution in [0.2, 0.25) is 0 Å². The Balaban J connectivity index is 1.64. The summed E-state index contributed by atoms with van der Waals surface area (Å²) in [5.74, 6) is 2.59. The van der Waals surface area contributed by atoms with Crippen LogP contribution in [0.15, 0.2) is 59.8 Å². The van der Waals surface area contributed by atoms with Gasteiger partial charge in [0.1, 0.15) is 12.4 Å². The monoisotopic (exact) mass is 339 g/mol. The van der Waals surface area contributed by atoms with Crippen LogP contribution in [-0.2, 0) is 18.9 Å². The normalized spacial score (nSPS) is 10.8. The molecule has 0 spiro atoms. The van der Waals surface area contributed by atoms with Crippen molar-refractivity contribution in [2.45, 2.75) is 37.9 Å². The molecule has 0 N–H and O–H groups in total. The zero-order valence-electron chi connectivity index (χ0n) is 14.0. The third-order valence-electron chi connectivity index (χ3n) is 3.71. The maximum absolute atomic E-state index is 5.83. The summed E-state index contributed by atoms with van der Waals surface area (Å²) in [6.07, 6.45) is 0. The fourth-order valence-electron chi connectivity index (χ4n) is 2.35. The SMILES string of the molecule is CCn1c(COc2ccc(C)cc2)nnc1SCc1ccccc1. The van der Waals surface area contributed by atoms with E-state index >= 15 is 0 Å². The molecular weight excluding hydrogens is 318 g/mol. The molecule has 0 aliphatic heterocycles. The minimum atomic E-state index is 0.426. The highest BCUT2D eigenvalue weighted by molar-refractivity contribution is 7.98. The van der Waals surface area contributed by atoms with Crippen molar-refractivity contribution in [3.63, 3.8) is 0 Å². The predicted octanol–water partition coefficient (Wildman–Crippen LogP) is 4.48. The quantitative estimate of drug-likeness (QED) is 0.595. The molecule has 124 valence electrons.